The van der Waals surface area contributed by atoms with Crippen molar-refractivity contribution in [2.24, 2.45) is 0 Å². The van der Waals surface area contributed by atoms with E-state index in [4.69, 9.17) is 11.6 Å². The van der Waals surface area contributed by atoms with Crippen LogP contribution < -0.4 is 5.32 Å². The Morgan fingerprint density at radius 2 is 1.76 bits per heavy atom. The molecule has 1 aromatic heterocycles. The topological polar surface area (TPSA) is 68.8 Å². The minimum atomic E-state index is -3.50. The summed E-state index contributed by atoms with van der Waals surface area (Å²) in [4.78, 5) is 8.80. The van der Waals surface area contributed by atoms with Gasteiger partial charge in [0.2, 0.25) is 10.0 Å². The second kappa shape index (κ2) is 9.40. The molecule has 2 heterocycles. The molecule has 1 aliphatic rings. The first-order valence-electron chi connectivity index (χ1n) is 9.58. The van der Waals surface area contributed by atoms with Crippen LogP contribution in [0, 0.1) is 0 Å². The number of hydrogen-bond donors (Lipinski definition) is 1. The lowest BCUT2D eigenvalue weighted by Gasteiger charge is -2.31. The fraction of sp³-hybridized carbons (Fsp3) is 0.450. The summed E-state index contributed by atoms with van der Waals surface area (Å²) < 4.78 is 27.1. The number of likely N-dealkylation sites (N-methyl/N-ethyl adjacent to an activating group) is 2. The molecule has 2 aromatic rings. The summed E-state index contributed by atoms with van der Waals surface area (Å²) in [5.41, 5.74) is 1.14. The Labute approximate surface area is 178 Å². The number of anilines is 1. The molecule has 3 rings (SSSR count). The Hall–Kier alpha value is -1.71. The average molecular weight is 438 g/mol. The van der Waals surface area contributed by atoms with Crippen LogP contribution in [-0.4, -0.2) is 81.4 Å². The number of hydrogen-bond acceptors (Lipinski definition) is 6. The second-order valence-corrected chi connectivity index (χ2v) is 9.87. The van der Waals surface area contributed by atoms with Crippen LogP contribution in [0.3, 0.4) is 0 Å². The third-order valence-corrected chi connectivity index (χ3v) is 7.33. The summed E-state index contributed by atoms with van der Waals surface area (Å²) in [6.45, 7) is 3.12. The molecule has 9 heteroatoms. The largest absolute Gasteiger partial charge is 0.368 e. The van der Waals surface area contributed by atoms with Gasteiger partial charge in [0.1, 0.15) is 10.7 Å². The Kier molecular flexibility index (Phi) is 7.13. The fourth-order valence-corrected chi connectivity index (χ4v) is 4.79. The summed E-state index contributed by atoms with van der Waals surface area (Å²) in [5, 5.41) is 4.01. The highest BCUT2D eigenvalue weighted by Gasteiger charge is 2.27. The number of pyridine rings is 1. The van der Waals surface area contributed by atoms with E-state index in [1.54, 1.807) is 12.1 Å². The Morgan fingerprint density at radius 3 is 2.31 bits per heavy atom. The Balaban J connectivity index is 1.66. The van der Waals surface area contributed by atoms with Gasteiger partial charge in [0.15, 0.2) is 0 Å². The van der Waals surface area contributed by atoms with Gasteiger partial charge >= 0.3 is 0 Å². The zero-order valence-corrected chi connectivity index (χ0v) is 18.6. The Bertz CT molecular complexity index is 895. The average Bonchev–Trinajstić information content (AvgIpc) is 2.70. The molecule has 1 aliphatic heterocycles. The van der Waals surface area contributed by atoms with Crippen LogP contribution in [0.25, 0.3) is 0 Å². The number of rotatable bonds is 7. The maximum Gasteiger partial charge on any atom is 0.244 e. The molecule has 29 heavy (non-hydrogen) atoms. The molecule has 0 spiro atoms. The third kappa shape index (κ3) is 5.46. The first kappa shape index (κ1) is 22.0. The SMILES string of the molecule is CN1CCN(S(=O)(=O)c2ccc(NCC(c3ccc(Cl)cc3)N(C)C)nc2)CC1. The summed E-state index contributed by atoms with van der Waals surface area (Å²) in [6, 6.07) is 11.2. The van der Waals surface area contributed by atoms with Gasteiger partial charge in [0.25, 0.3) is 0 Å². The first-order chi connectivity index (χ1) is 13.8. The lowest BCUT2D eigenvalue weighted by molar-refractivity contribution is 0.222. The van der Waals surface area contributed by atoms with Gasteiger partial charge in [0, 0.05) is 43.9 Å². The van der Waals surface area contributed by atoms with E-state index in [1.165, 1.54) is 10.5 Å². The summed E-state index contributed by atoms with van der Waals surface area (Å²) in [6.07, 6.45) is 1.43. The van der Waals surface area contributed by atoms with Crippen molar-refractivity contribution in [1.82, 2.24) is 19.1 Å². The predicted octanol–water partition coefficient (Wildman–Crippen LogP) is 2.39. The van der Waals surface area contributed by atoms with Crippen molar-refractivity contribution in [2.45, 2.75) is 10.9 Å². The minimum Gasteiger partial charge on any atom is -0.368 e. The molecule has 0 bridgehead atoms. The molecular formula is C20H28ClN5O2S. The number of aromatic nitrogens is 1. The van der Waals surface area contributed by atoms with E-state index >= 15 is 0 Å². The molecule has 1 N–H and O–H groups in total. The number of halogens is 1. The van der Waals surface area contributed by atoms with Gasteiger partial charge in [-0.1, -0.05) is 23.7 Å². The monoisotopic (exact) mass is 437 g/mol. The number of nitrogens with one attached hydrogen (secondary N) is 1. The lowest BCUT2D eigenvalue weighted by atomic mass is 10.1. The van der Waals surface area contributed by atoms with E-state index in [0.717, 1.165) is 18.7 Å². The highest BCUT2D eigenvalue weighted by molar-refractivity contribution is 7.89. The maximum atomic E-state index is 12.8. The fourth-order valence-electron chi connectivity index (χ4n) is 3.30. The molecule has 158 valence electrons. The van der Waals surface area contributed by atoms with Gasteiger partial charge in [-0.15, -0.1) is 0 Å². The van der Waals surface area contributed by atoms with E-state index in [2.05, 4.69) is 20.1 Å². The van der Waals surface area contributed by atoms with Crippen molar-refractivity contribution in [3.05, 3.63) is 53.2 Å². The minimum absolute atomic E-state index is 0.128. The normalized spacial score (nSPS) is 17.4. The summed E-state index contributed by atoms with van der Waals surface area (Å²) >= 11 is 5.99. The molecule has 0 amide bonds. The smallest absolute Gasteiger partial charge is 0.244 e. The maximum absolute atomic E-state index is 12.8. The van der Waals surface area contributed by atoms with Crippen LogP contribution in [0.2, 0.25) is 5.02 Å². The van der Waals surface area contributed by atoms with E-state index in [-0.39, 0.29) is 10.9 Å². The molecule has 0 aliphatic carbocycles. The third-order valence-electron chi connectivity index (χ3n) is 5.19. The molecule has 1 unspecified atom stereocenters. The van der Waals surface area contributed by atoms with Crippen molar-refractivity contribution in [3.8, 4) is 0 Å². The highest BCUT2D eigenvalue weighted by atomic mass is 35.5. The molecule has 1 saturated heterocycles. The van der Waals surface area contributed by atoms with E-state index < -0.39 is 10.0 Å². The molecule has 0 radical (unpaired) electrons. The van der Waals surface area contributed by atoms with Crippen molar-refractivity contribution in [1.29, 1.82) is 0 Å². The second-order valence-electron chi connectivity index (χ2n) is 7.50. The molecule has 0 saturated carbocycles. The number of sulfonamides is 1. The summed E-state index contributed by atoms with van der Waals surface area (Å²) in [5.74, 6) is 0.642. The van der Waals surface area contributed by atoms with Gasteiger partial charge in [0.05, 0.1) is 6.04 Å². The van der Waals surface area contributed by atoms with Crippen LogP contribution in [0.5, 0.6) is 0 Å². The lowest BCUT2D eigenvalue weighted by Crippen LogP contribution is -2.47. The number of piperazine rings is 1. The molecule has 7 nitrogen and oxygen atoms in total. The zero-order valence-electron chi connectivity index (χ0n) is 17.0. The van der Waals surface area contributed by atoms with Crippen LogP contribution in [0.15, 0.2) is 47.5 Å². The molecule has 1 atom stereocenters. The van der Waals surface area contributed by atoms with E-state index in [1.807, 2.05) is 45.4 Å². The van der Waals surface area contributed by atoms with Crippen LogP contribution >= 0.6 is 11.6 Å². The number of nitrogens with zero attached hydrogens (tertiary/aromatic N) is 4. The van der Waals surface area contributed by atoms with Crippen molar-refractivity contribution in [2.75, 3.05) is 59.2 Å². The highest BCUT2D eigenvalue weighted by Crippen LogP contribution is 2.22. The van der Waals surface area contributed by atoms with Crippen molar-refractivity contribution < 1.29 is 8.42 Å². The molecule has 1 fully saturated rings. The molecule has 1 aromatic carbocycles. The van der Waals surface area contributed by atoms with Gasteiger partial charge in [-0.3, -0.25) is 0 Å². The predicted molar refractivity (Wildman–Crippen MR) is 117 cm³/mol. The van der Waals surface area contributed by atoms with Crippen LogP contribution in [-0.2, 0) is 10.0 Å². The number of benzene rings is 1. The van der Waals surface area contributed by atoms with Gasteiger partial charge in [-0.25, -0.2) is 13.4 Å². The van der Waals surface area contributed by atoms with Crippen LogP contribution in [0.4, 0.5) is 5.82 Å². The van der Waals surface area contributed by atoms with Crippen LogP contribution in [0.1, 0.15) is 11.6 Å². The zero-order chi connectivity index (χ0) is 21.0. The standard InChI is InChI=1S/C20H28ClN5O2S/c1-24(2)19(16-4-6-17(21)7-5-16)15-23-20-9-8-18(14-22-20)29(27,28)26-12-10-25(3)11-13-26/h4-9,14,19H,10-13,15H2,1-3H3,(H,22,23). The van der Waals surface area contributed by atoms with Gasteiger partial charge in [-0.05, 0) is 51.0 Å². The Morgan fingerprint density at radius 1 is 1.10 bits per heavy atom. The molecular weight excluding hydrogens is 410 g/mol. The van der Waals surface area contributed by atoms with Crippen molar-refractivity contribution in [3.63, 3.8) is 0 Å². The first-order valence-corrected chi connectivity index (χ1v) is 11.4. The van der Waals surface area contributed by atoms with E-state index in [9.17, 15) is 8.42 Å². The van der Waals surface area contributed by atoms with E-state index in [0.29, 0.717) is 30.5 Å². The van der Waals surface area contributed by atoms with Crippen molar-refractivity contribution >= 4 is 27.4 Å². The van der Waals surface area contributed by atoms with Gasteiger partial charge in [-0.2, -0.15) is 4.31 Å². The van der Waals surface area contributed by atoms with Gasteiger partial charge < -0.3 is 15.1 Å². The summed E-state index contributed by atoms with van der Waals surface area (Å²) in [7, 11) is 2.53. The quantitative estimate of drug-likeness (QED) is 0.717.